The number of aromatic nitrogens is 1. The van der Waals surface area contributed by atoms with E-state index in [2.05, 4.69) is 70.0 Å². The smallest absolute Gasteiger partial charge is 0.254 e. The second kappa shape index (κ2) is 7.24. The van der Waals surface area contributed by atoms with Crippen molar-refractivity contribution < 1.29 is 4.79 Å². The summed E-state index contributed by atoms with van der Waals surface area (Å²) < 4.78 is 0. The number of nitrogens with zero attached hydrogens (tertiary/aromatic N) is 3. The van der Waals surface area contributed by atoms with Crippen LogP contribution in [0, 0.1) is 0 Å². The third-order valence-corrected chi connectivity index (χ3v) is 6.98. The molecule has 1 unspecified atom stereocenters. The van der Waals surface area contributed by atoms with Crippen molar-refractivity contribution in [1.29, 1.82) is 0 Å². The number of hydrogen-bond acceptors (Lipinski definition) is 3. The first-order chi connectivity index (χ1) is 13.7. The van der Waals surface area contributed by atoms with Gasteiger partial charge in [0.2, 0.25) is 0 Å². The molecule has 0 aliphatic carbocycles. The summed E-state index contributed by atoms with van der Waals surface area (Å²) in [7, 11) is 4.10. The van der Waals surface area contributed by atoms with E-state index in [9.17, 15) is 4.79 Å². The highest BCUT2D eigenvalue weighted by molar-refractivity contribution is 5.97. The van der Waals surface area contributed by atoms with Crippen LogP contribution >= 0.6 is 0 Å². The van der Waals surface area contributed by atoms with Gasteiger partial charge >= 0.3 is 0 Å². The van der Waals surface area contributed by atoms with Gasteiger partial charge in [-0.15, -0.1) is 0 Å². The lowest BCUT2D eigenvalue weighted by molar-refractivity contribution is 0.0624. The Hall–Kier alpha value is -2.20. The molecule has 4 nitrogen and oxygen atoms in total. The molecular weight excluding hydrogens is 358 g/mol. The predicted octanol–water partition coefficient (Wildman–Crippen LogP) is 4.17. The second-order valence-electron chi connectivity index (χ2n) is 9.72. The largest absolute Gasteiger partial charge is 0.337 e. The Bertz CT molecular complexity index is 947. The number of hydrogen-bond donors (Lipinski definition) is 0. The summed E-state index contributed by atoms with van der Waals surface area (Å²) in [5.74, 6) is 0.551. The fraction of sp³-hybridized carbons (Fsp3) is 0.520. The van der Waals surface area contributed by atoms with Crippen LogP contribution < -0.4 is 0 Å². The van der Waals surface area contributed by atoms with Gasteiger partial charge in [-0.25, -0.2) is 0 Å². The SMILES string of the molecule is CC(C)c1ccc2c(c1)C(=O)N(C)C(C(C)(C)c1ccc3c(n1)CN(C)CC3)C2. The molecule has 0 spiro atoms. The van der Waals surface area contributed by atoms with Crippen LogP contribution in [-0.4, -0.2) is 47.4 Å². The molecule has 3 heterocycles. The van der Waals surface area contributed by atoms with Gasteiger partial charge in [-0.1, -0.05) is 45.9 Å². The first kappa shape index (κ1) is 20.1. The highest BCUT2D eigenvalue weighted by Gasteiger charge is 2.41. The quantitative estimate of drug-likeness (QED) is 0.788. The van der Waals surface area contributed by atoms with Crippen molar-refractivity contribution in [3.63, 3.8) is 0 Å². The number of likely N-dealkylation sites (N-methyl/N-ethyl adjacent to an activating group) is 2. The van der Waals surface area contributed by atoms with Gasteiger partial charge in [0, 0.05) is 42.9 Å². The van der Waals surface area contributed by atoms with Crippen molar-refractivity contribution in [2.24, 2.45) is 0 Å². The van der Waals surface area contributed by atoms with Gasteiger partial charge in [0.25, 0.3) is 5.91 Å². The lowest BCUT2D eigenvalue weighted by atomic mass is 9.74. The molecule has 2 aliphatic heterocycles. The van der Waals surface area contributed by atoms with E-state index in [0.29, 0.717) is 5.92 Å². The van der Waals surface area contributed by atoms with E-state index in [1.807, 2.05) is 11.9 Å². The van der Waals surface area contributed by atoms with Crippen molar-refractivity contribution in [2.45, 2.75) is 64.5 Å². The Morgan fingerprint density at radius 1 is 1.10 bits per heavy atom. The van der Waals surface area contributed by atoms with E-state index in [1.165, 1.54) is 16.8 Å². The van der Waals surface area contributed by atoms with Gasteiger partial charge in [-0.2, -0.15) is 0 Å². The molecule has 2 aliphatic rings. The average Bonchev–Trinajstić information content (AvgIpc) is 2.69. The van der Waals surface area contributed by atoms with Crippen LogP contribution in [0.3, 0.4) is 0 Å². The van der Waals surface area contributed by atoms with Crippen LogP contribution in [0.4, 0.5) is 0 Å². The van der Waals surface area contributed by atoms with Gasteiger partial charge < -0.3 is 9.80 Å². The molecular formula is C25H33N3O. The minimum atomic E-state index is -0.232. The predicted molar refractivity (Wildman–Crippen MR) is 117 cm³/mol. The van der Waals surface area contributed by atoms with Crippen molar-refractivity contribution in [1.82, 2.24) is 14.8 Å². The van der Waals surface area contributed by atoms with Crippen molar-refractivity contribution in [3.05, 3.63) is 64.0 Å². The Labute approximate surface area is 174 Å². The molecule has 1 aromatic heterocycles. The molecule has 29 heavy (non-hydrogen) atoms. The zero-order chi connectivity index (χ0) is 20.9. The number of carbonyl (C=O) groups is 1. The van der Waals surface area contributed by atoms with Gasteiger partial charge in [0.1, 0.15) is 0 Å². The molecule has 2 aromatic rings. The third-order valence-electron chi connectivity index (χ3n) is 6.98. The number of carbonyl (C=O) groups excluding carboxylic acids is 1. The third kappa shape index (κ3) is 3.48. The van der Waals surface area contributed by atoms with Crippen LogP contribution in [0.25, 0.3) is 0 Å². The van der Waals surface area contributed by atoms with E-state index >= 15 is 0 Å². The number of pyridine rings is 1. The maximum atomic E-state index is 13.3. The average molecular weight is 392 g/mol. The highest BCUT2D eigenvalue weighted by atomic mass is 16.2. The van der Waals surface area contributed by atoms with Gasteiger partial charge in [-0.3, -0.25) is 9.78 Å². The highest BCUT2D eigenvalue weighted by Crippen LogP contribution is 2.36. The van der Waals surface area contributed by atoms with Crippen LogP contribution in [0.1, 0.15) is 72.0 Å². The first-order valence-electron chi connectivity index (χ1n) is 10.8. The van der Waals surface area contributed by atoms with E-state index in [1.54, 1.807) is 0 Å². The molecule has 4 rings (SSSR count). The monoisotopic (exact) mass is 391 g/mol. The number of amides is 1. The molecule has 0 saturated heterocycles. The standard InChI is InChI=1S/C25H33N3O/c1-16(2)18-7-8-19-14-23(28(6)24(29)20(19)13-18)25(3,4)22-10-9-17-11-12-27(5)15-21(17)26-22/h7-10,13,16,23H,11-12,14-15H2,1-6H3. The molecule has 0 bridgehead atoms. The summed E-state index contributed by atoms with van der Waals surface area (Å²) in [6.45, 7) is 10.8. The molecule has 0 N–H and O–H groups in total. The Morgan fingerprint density at radius 2 is 1.83 bits per heavy atom. The molecule has 1 atom stereocenters. The zero-order valence-electron chi connectivity index (χ0n) is 18.6. The molecule has 0 fully saturated rings. The fourth-order valence-electron chi connectivity index (χ4n) is 4.82. The first-order valence-corrected chi connectivity index (χ1v) is 10.8. The molecule has 0 saturated carbocycles. The Kier molecular flexibility index (Phi) is 5.02. The van der Waals surface area contributed by atoms with Crippen molar-refractivity contribution in [3.8, 4) is 0 Å². The van der Waals surface area contributed by atoms with Crippen LogP contribution in [0.15, 0.2) is 30.3 Å². The molecule has 154 valence electrons. The van der Waals surface area contributed by atoms with Crippen LogP contribution in [0.2, 0.25) is 0 Å². The van der Waals surface area contributed by atoms with E-state index in [-0.39, 0.29) is 17.4 Å². The van der Waals surface area contributed by atoms with E-state index in [4.69, 9.17) is 4.98 Å². The zero-order valence-corrected chi connectivity index (χ0v) is 18.6. The maximum Gasteiger partial charge on any atom is 0.254 e. The maximum absolute atomic E-state index is 13.3. The van der Waals surface area contributed by atoms with Crippen molar-refractivity contribution in [2.75, 3.05) is 20.6 Å². The van der Waals surface area contributed by atoms with E-state index in [0.717, 1.165) is 42.8 Å². The second-order valence-corrected chi connectivity index (χ2v) is 9.72. The van der Waals surface area contributed by atoms with Crippen molar-refractivity contribution >= 4 is 5.91 Å². The summed E-state index contributed by atoms with van der Waals surface area (Å²) in [6, 6.07) is 10.9. The minimum absolute atomic E-state index is 0.0827. The van der Waals surface area contributed by atoms with Crippen LogP contribution in [0.5, 0.6) is 0 Å². The summed E-state index contributed by atoms with van der Waals surface area (Å²) in [4.78, 5) is 22.6. The van der Waals surface area contributed by atoms with Gasteiger partial charge in [-0.05, 0) is 54.6 Å². The number of fused-ring (bicyclic) bond motifs is 2. The summed E-state index contributed by atoms with van der Waals surface area (Å²) >= 11 is 0. The summed E-state index contributed by atoms with van der Waals surface area (Å²) in [5.41, 5.74) is 6.66. The fourth-order valence-corrected chi connectivity index (χ4v) is 4.82. The van der Waals surface area contributed by atoms with Crippen LogP contribution in [-0.2, 0) is 24.8 Å². The normalized spacial score (nSPS) is 20.0. The Balaban J connectivity index is 1.69. The lowest BCUT2D eigenvalue weighted by Gasteiger charge is -2.44. The summed E-state index contributed by atoms with van der Waals surface area (Å²) in [5, 5.41) is 0. The topological polar surface area (TPSA) is 36.4 Å². The van der Waals surface area contributed by atoms with Gasteiger partial charge in [0.05, 0.1) is 5.69 Å². The molecule has 4 heteroatoms. The molecule has 1 aromatic carbocycles. The number of rotatable bonds is 3. The lowest BCUT2D eigenvalue weighted by Crippen LogP contribution is -2.53. The van der Waals surface area contributed by atoms with E-state index < -0.39 is 0 Å². The summed E-state index contributed by atoms with van der Waals surface area (Å²) in [6.07, 6.45) is 1.93. The number of benzene rings is 1. The molecule has 0 radical (unpaired) electrons. The molecule has 1 amide bonds. The Morgan fingerprint density at radius 3 is 2.55 bits per heavy atom. The van der Waals surface area contributed by atoms with Gasteiger partial charge in [0.15, 0.2) is 0 Å². The minimum Gasteiger partial charge on any atom is -0.337 e.